The van der Waals surface area contributed by atoms with Crippen LogP contribution in [0.3, 0.4) is 0 Å². The molecule has 0 aromatic heterocycles. The first-order chi connectivity index (χ1) is 8.54. The zero-order valence-electron chi connectivity index (χ0n) is 9.68. The molecule has 0 amide bonds. The third-order valence-corrected chi connectivity index (χ3v) is 2.98. The molecule has 0 radical (unpaired) electrons. The van der Waals surface area contributed by atoms with Gasteiger partial charge in [-0.15, -0.1) is 0 Å². The molecule has 0 atom stereocenters. The molecule has 4 heteroatoms. The van der Waals surface area contributed by atoms with Gasteiger partial charge >= 0.3 is 5.97 Å². The minimum absolute atomic E-state index is 0.251. The number of carbonyl (C=O) groups is 1. The molecule has 0 heterocycles. The Morgan fingerprint density at radius 2 is 1.78 bits per heavy atom. The van der Waals surface area contributed by atoms with Gasteiger partial charge in [-0.1, -0.05) is 0 Å². The minimum atomic E-state index is -0.938. The van der Waals surface area contributed by atoms with Crippen molar-refractivity contribution in [2.45, 2.75) is 6.92 Å². The topological polar surface area (TPSA) is 46.5 Å². The summed E-state index contributed by atoms with van der Waals surface area (Å²) in [6.07, 6.45) is 0. The fraction of sp³-hybridized carbons (Fsp3) is 0.0714. The van der Waals surface area contributed by atoms with E-state index in [1.54, 1.807) is 12.1 Å². The quantitative estimate of drug-likeness (QED) is 0.845. The normalized spacial score (nSPS) is 10.1. The Kier molecular flexibility index (Phi) is 3.86. The fourth-order valence-corrected chi connectivity index (χ4v) is 2.36. The Morgan fingerprint density at radius 3 is 2.33 bits per heavy atom. The van der Waals surface area contributed by atoms with E-state index in [4.69, 9.17) is 9.84 Å². The van der Waals surface area contributed by atoms with Crippen LogP contribution in [0.5, 0.6) is 11.5 Å². The van der Waals surface area contributed by atoms with Crippen LogP contribution in [0.25, 0.3) is 0 Å². The summed E-state index contributed by atoms with van der Waals surface area (Å²) in [6, 6.07) is 12.3. The molecule has 18 heavy (non-hydrogen) atoms. The SMILES string of the molecule is Cc1cc(I)cc(Oc2ccc(C(=O)O)cc2)c1. The summed E-state index contributed by atoms with van der Waals surface area (Å²) in [5, 5.41) is 8.80. The van der Waals surface area contributed by atoms with Crippen LogP contribution in [0.15, 0.2) is 42.5 Å². The van der Waals surface area contributed by atoms with Gasteiger partial charge in [0.05, 0.1) is 5.56 Å². The van der Waals surface area contributed by atoms with Crippen molar-refractivity contribution >= 4 is 28.6 Å². The van der Waals surface area contributed by atoms with Crippen LogP contribution in [0.4, 0.5) is 0 Å². The minimum Gasteiger partial charge on any atom is -0.478 e. The maximum absolute atomic E-state index is 10.7. The van der Waals surface area contributed by atoms with Crippen molar-refractivity contribution in [1.29, 1.82) is 0 Å². The molecule has 0 unspecified atom stereocenters. The zero-order chi connectivity index (χ0) is 13.1. The summed E-state index contributed by atoms with van der Waals surface area (Å²) >= 11 is 2.23. The monoisotopic (exact) mass is 354 g/mol. The van der Waals surface area contributed by atoms with E-state index in [0.717, 1.165) is 14.9 Å². The molecule has 0 aliphatic heterocycles. The number of hydrogen-bond donors (Lipinski definition) is 1. The molecule has 0 aliphatic rings. The number of aryl methyl sites for hydroxylation is 1. The second kappa shape index (κ2) is 5.39. The standard InChI is InChI=1S/C14H11IO3/c1-9-6-11(15)8-13(7-9)18-12-4-2-10(3-5-12)14(16)17/h2-8H,1H3,(H,16,17). The Bertz CT molecular complexity index is 556. The van der Waals surface area contributed by atoms with E-state index in [9.17, 15) is 4.79 Å². The van der Waals surface area contributed by atoms with E-state index in [1.165, 1.54) is 12.1 Å². The van der Waals surface area contributed by atoms with Crippen molar-refractivity contribution in [2.24, 2.45) is 0 Å². The smallest absolute Gasteiger partial charge is 0.335 e. The van der Waals surface area contributed by atoms with Crippen molar-refractivity contribution in [3.63, 3.8) is 0 Å². The van der Waals surface area contributed by atoms with Gasteiger partial charge in [0.15, 0.2) is 0 Å². The predicted molar refractivity (Wildman–Crippen MR) is 77.4 cm³/mol. The molecular formula is C14H11IO3. The van der Waals surface area contributed by atoms with Gasteiger partial charge < -0.3 is 9.84 Å². The molecule has 0 aliphatic carbocycles. The Morgan fingerprint density at radius 1 is 1.11 bits per heavy atom. The van der Waals surface area contributed by atoms with E-state index in [1.807, 2.05) is 19.1 Å². The predicted octanol–water partition coefficient (Wildman–Crippen LogP) is 4.09. The zero-order valence-corrected chi connectivity index (χ0v) is 11.8. The number of benzene rings is 2. The lowest BCUT2D eigenvalue weighted by Crippen LogP contribution is -1.95. The first-order valence-corrected chi connectivity index (χ1v) is 6.41. The highest BCUT2D eigenvalue weighted by Gasteiger charge is 2.03. The van der Waals surface area contributed by atoms with Crippen LogP contribution in [0, 0.1) is 10.5 Å². The molecule has 2 aromatic carbocycles. The molecular weight excluding hydrogens is 343 g/mol. The lowest BCUT2D eigenvalue weighted by atomic mass is 10.2. The Hall–Kier alpha value is -1.56. The maximum Gasteiger partial charge on any atom is 0.335 e. The first-order valence-electron chi connectivity index (χ1n) is 5.33. The molecule has 1 N–H and O–H groups in total. The van der Waals surface area contributed by atoms with Crippen LogP contribution in [0.2, 0.25) is 0 Å². The molecule has 2 aromatic rings. The highest BCUT2D eigenvalue weighted by Crippen LogP contribution is 2.24. The van der Waals surface area contributed by atoms with Crippen molar-refractivity contribution in [3.05, 3.63) is 57.2 Å². The van der Waals surface area contributed by atoms with Gasteiger partial charge in [-0.2, -0.15) is 0 Å². The van der Waals surface area contributed by atoms with Crippen molar-refractivity contribution in [3.8, 4) is 11.5 Å². The largest absolute Gasteiger partial charge is 0.478 e. The van der Waals surface area contributed by atoms with Crippen LogP contribution >= 0.6 is 22.6 Å². The van der Waals surface area contributed by atoms with Crippen molar-refractivity contribution in [2.75, 3.05) is 0 Å². The van der Waals surface area contributed by atoms with Crippen LogP contribution < -0.4 is 4.74 Å². The van der Waals surface area contributed by atoms with Gasteiger partial charge in [-0.3, -0.25) is 0 Å². The third-order valence-electron chi connectivity index (χ3n) is 2.35. The lowest BCUT2D eigenvalue weighted by Gasteiger charge is -2.07. The second-order valence-corrected chi connectivity index (χ2v) is 5.14. The molecule has 2 rings (SSSR count). The highest BCUT2D eigenvalue weighted by molar-refractivity contribution is 14.1. The average molecular weight is 354 g/mol. The molecule has 92 valence electrons. The van der Waals surface area contributed by atoms with Gasteiger partial charge in [-0.05, 0) is 77.5 Å². The first kappa shape index (κ1) is 12.9. The summed E-state index contributed by atoms with van der Waals surface area (Å²) in [5.41, 5.74) is 1.38. The van der Waals surface area contributed by atoms with Crippen LogP contribution in [-0.2, 0) is 0 Å². The second-order valence-electron chi connectivity index (χ2n) is 3.90. The van der Waals surface area contributed by atoms with E-state index in [-0.39, 0.29) is 5.56 Å². The molecule has 0 spiro atoms. The van der Waals surface area contributed by atoms with Crippen LogP contribution in [0.1, 0.15) is 15.9 Å². The Labute approximate surface area is 119 Å². The summed E-state index contributed by atoms with van der Waals surface area (Å²) in [6.45, 7) is 2.00. The number of halogens is 1. The van der Waals surface area contributed by atoms with E-state index < -0.39 is 5.97 Å². The number of carboxylic acids is 1. The van der Waals surface area contributed by atoms with Gasteiger partial charge in [0.1, 0.15) is 11.5 Å². The summed E-state index contributed by atoms with van der Waals surface area (Å²) in [4.78, 5) is 10.7. The van der Waals surface area contributed by atoms with Gasteiger partial charge in [-0.25, -0.2) is 4.79 Å². The van der Waals surface area contributed by atoms with Crippen molar-refractivity contribution < 1.29 is 14.6 Å². The average Bonchev–Trinajstić information content (AvgIpc) is 2.28. The summed E-state index contributed by atoms with van der Waals surface area (Å²) < 4.78 is 6.78. The third kappa shape index (κ3) is 3.22. The Balaban J connectivity index is 2.20. The molecule has 0 bridgehead atoms. The number of carboxylic acid groups (broad SMARTS) is 1. The van der Waals surface area contributed by atoms with E-state index >= 15 is 0 Å². The molecule has 3 nitrogen and oxygen atoms in total. The number of rotatable bonds is 3. The van der Waals surface area contributed by atoms with Crippen molar-refractivity contribution in [1.82, 2.24) is 0 Å². The molecule has 0 saturated heterocycles. The summed E-state index contributed by atoms with van der Waals surface area (Å²) in [7, 11) is 0. The van der Waals surface area contributed by atoms with Crippen LogP contribution in [-0.4, -0.2) is 11.1 Å². The number of ether oxygens (including phenoxy) is 1. The van der Waals surface area contributed by atoms with E-state index in [0.29, 0.717) is 5.75 Å². The van der Waals surface area contributed by atoms with Gasteiger partial charge in [0.25, 0.3) is 0 Å². The number of aromatic carboxylic acids is 1. The highest BCUT2D eigenvalue weighted by atomic mass is 127. The summed E-state index contributed by atoms with van der Waals surface area (Å²) in [5.74, 6) is 0.440. The molecule has 0 fully saturated rings. The maximum atomic E-state index is 10.7. The molecule has 0 saturated carbocycles. The lowest BCUT2D eigenvalue weighted by molar-refractivity contribution is 0.0697. The van der Waals surface area contributed by atoms with Gasteiger partial charge in [0.2, 0.25) is 0 Å². The van der Waals surface area contributed by atoms with E-state index in [2.05, 4.69) is 28.7 Å². The number of hydrogen-bond acceptors (Lipinski definition) is 2. The fourth-order valence-electron chi connectivity index (χ4n) is 1.56. The van der Waals surface area contributed by atoms with Gasteiger partial charge in [0, 0.05) is 3.57 Å².